The van der Waals surface area contributed by atoms with E-state index in [1.165, 1.54) is 22.7 Å². The molecule has 0 aliphatic rings. The van der Waals surface area contributed by atoms with Crippen molar-refractivity contribution in [2.75, 3.05) is 10.6 Å². The van der Waals surface area contributed by atoms with Crippen molar-refractivity contribution in [3.05, 3.63) is 47.0 Å². The van der Waals surface area contributed by atoms with Gasteiger partial charge in [-0.15, -0.1) is 11.3 Å². The predicted octanol–water partition coefficient (Wildman–Crippen LogP) is 4.81. The van der Waals surface area contributed by atoms with Crippen LogP contribution in [0.2, 0.25) is 0 Å². The Morgan fingerprint density at radius 2 is 1.70 bits per heavy atom. The molecule has 2 N–H and O–H groups in total. The van der Waals surface area contributed by atoms with Gasteiger partial charge in [0.1, 0.15) is 0 Å². The second-order valence-corrected chi connectivity index (χ2v) is 8.85. The van der Waals surface area contributed by atoms with Crippen LogP contribution in [0, 0.1) is 12.3 Å². The molecule has 0 aliphatic heterocycles. The average molecular weight is 401 g/mol. The minimum absolute atomic E-state index is 0.0862. The van der Waals surface area contributed by atoms with Crippen LogP contribution in [0.1, 0.15) is 36.8 Å². The Morgan fingerprint density at radius 3 is 2.37 bits per heavy atom. The summed E-state index contributed by atoms with van der Waals surface area (Å²) in [7, 11) is 0. The molecule has 0 bridgehead atoms. The number of aromatic nitrogens is 2. The summed E-state index contributed by atoms with van der Waals surface area (Å²) >= 11 is 2.73. The van der Waals surface area contributed by atoms with Crippen molar-refractivity contribution < 1.29 is 9.59 Å². The van der Waals surface area contributed by atoms with Crippen molar-refractivity contribution in [2.45, 2.75) is 27.7 Å². The van der Waals surface area contributed by atoms with Crippen LogP contribution in [-0.2, 0) is 4.79 Å². The molecule has 0 saturated heterocycles. The molecule has 27 heavy (non-hydrogen) atoms. The minimum Gasteiger partial charge on any atom is -0.301 e. The Bertz CT molecular complexity index is 971. The second-order valence-electron chi connectivity index (χ2n) is 7.00. The third-order valence-corrected chi connectivity index (χ3v) is 5.54. The van der Waals surface area contributed by atoms with E-state index in [0.717, 1.165) is 16.3 Å². The van der Waals surface area contributed by atoms with Crippen LogP contribution < -0.4 is 10.6 Å². The number of rotatable bonds is 4. The van der Waals surface area contributed by atoms with Crippen LogP contribution in [0.25, 0.3) is 10.6 Å². The molecule has 1 aromatic carbocycles. The van der Waals surface area contributed by atoms with Gasteiger partial charge in [-0.25, -0.2) is 9.97 Å². The first kappa shape index (κ1) is 19.2. The zero-order chi connectivity index (χ0) is 19.6. The number of aryl methyl sites for hydroxylation is 1. The fourth-order valence-electron chi connectivity index (χ4n) is 2.17. The molecule has 0 unspecified atom stereocenters. The highest BCUT2D eigenvalue weighted by atomic mass is 32.1. The van der Waals surface area contributed by atoms with Gasteiger partial charge in [0.05, 0.1) is 16.3 Å². The van der Waals surface area contributed by atoms with Crippen LogP contribution in [0.3, 0.4) is 0 Å². The molecule has 0 spiro atoms. The van der Waals surface area contributed by atoms with E-state index < -0.39 is 5.41 Å². The van der Waals surface area contributed by atoms with Crippen LogP contribution in [0.5, 0.6) is 0 Å². The Morgan fingerprint density at radius 1 is 1.00 bits per heavy atom. The number of carbonyl (C=O) groups is 2. The summed E-state index contributed by atoms with van der Waals surface area (Å²) in [6, 6.07) is 9.00. The van der Waals surface area contributed by atoms with Crippen molar-refractivity contribution in [1.29, 1.82) is 0 Å². The van der Waals surface area contributed by atoms with Gasteiger partial charge >= 0.3 is 0 Å². The molecule has 2 aromatic heterocycles. The highest BCUT2D eigenvalue weighted by Gasteiger charge is 2.23. The van der Waals surface area contributed by atoms with Gasteiger partial charge in [-0.05, 0) is 19.1 Å². The summed E-state index contributed by atoms with van der Waals surface area (Å²) in [4.78, 5) is 34.2. The number of benzene rings is 1. The van der Waals surface area contributed by atoms with E-state index in [4.69, 9.17) is 0 Å². The smallest absolute Gasteiger partial charge is 0.257 e. The predicted molar refractivity (Wildman–Crippen MR) is 110 cm³/mol. The van der Waals surface area contributed by atoms with Crippen molar-refractivity contribution >= 4 is 44.8 Å². The zero-order valence-corrected chi connectivity index (χ0v) is 17.1. The lowest BCUT2D eigenvalue weighted by Gasteiger charge is -2.15. The highest BCUT2D eigenvalue weighted by Crippen LogP contribution is 2.35. The number of anilines is 2. The molecule has 0 aliphatic carbocycles. The molecule has 2 amide bonds. The summed E-state index contributed by atoms with van der Waals surface area (Å²) in [6.45, 7) is 7.43. The van der Waals surface area contributed by atoms with Crippen molar-refractivity contribution in [3.8, 4) is 10.6 Å². The van der Waals surface area contributed by atoms with E-state index in [2.05, 4.69) is 20.6 Å². The molecule has 140 valence electrons. The summed E-state index contributed by atoms with van der Waals surface area (Å²) in [5.41, 5.74) is 1.61. The van der Waals surface area contributed by atoms with Crippen LogP contribution in [0.15, 0.2) is 35.7 Å². The Kier molecular flexibility index (Phi) is 5.38. The van der Waals surface area contributed by atoms with E-state index in [9.17, 15) is 9.59 Å². The maximum atomic E-state index is 12.2. The summed E-state index contributed by atoms with van der Waals surface area (Å²) in [5.74, 6) is -0.285. The number of thiazole rings is 2. The number of carbonyl (C=O) groups excluding carboxylic acids is 2. The van der Waals surface area contributed by atoms with Gasteiger partial charge in [-0.1, -0.05) is 50.3 Å². The van der Waals surface area contributed by atoms with Gasteiger partial charge in [-0.2, -0.15) is 0 Å². The van der Waals surface area contributed by atoms with Crippen LogP contribution in [0.4, 0.5) is 10.3 Å². The van der Waals surface area contributed by atoms with Crippen LogP contribution in [-0.4, -0.2) is 21.8 Å². The summed E-state index contributed by atoms with van der Waals surface area (Å²) in [6.07, 6.45) is 0. The maximum Gasteiger partial charge on any atom is 0.257 e. The van der Waals surface area contributed by atoms with Crippen molar-refractivity contribution in [1.82, 2.24) is 9.97 Å². The highest BCUT2D eigenvalue weighted by molar-refractivity contribution is 7.20. The lowest BCUT2D eigenvalue weighted by atomic mass is 9.96. The van der Waals surface area contributed by atoms with E-state index in [1.807, 2.05) is 51.3 Å². The number of hydrogen-bond acceptors (Lipinski definition) is 6. The molecule has 0 fully saturated rings. The van der Waals surface area contributed by atoms with Crippen LogP contribution >= 0.6 is 22.7 Å². The van der Waals surface area contributed by atoms with E-state index in [-0.39, 0.29) is 11.8 Å². The van der Waals surface area contributed by atoms with Gasteiger partial charge in [0, 0.05) is 16.4 Å². The Hall–Kier alpha value is -2.58. The average Bonchev–Trinajstić information content (AvgIpc) is 3.21. The summed E-state index contributed by atoms with van der Waals surface area (Å²) < 4.78 is 0. The first-order valence-electron chi connectivity index (χ1n) is 8.35. The van der Waals surface area contributed by atoms with Gasteiger partial charge in [0.15, 0.2) is 10.3 Å². The molecular formula is C19H20N4O2S2. The van der Waals surface area contributed by atoms with E-state index in [1.54, 1.807) is 12.1 Å². The maximum absolute atomic E-state index is 12.2. The molecular weight excluding hydrogens is 380 g/mol. The first-order chi connectivity index (χ1) is 12.7. The fourth-order valence-corrected chi connectivity index (χ4v) is 3.86. The molecule has 8 heteroatoms. The first-order valence-corrected chi connectivity index (χ1v) is 10.0. The SMILES string of the molecule is Cc1nc(NC(=O)C(C)(C)C)sc1-c1csc(NC(=O)c2ccccc2)n1. The zero-order valence-electron chi connectivity index (χ0n) is 15.5. The molecule has 2 heterocycles. The van der Waals surface area contributed by atoms with E-state index >= 15 is 0 Å². The number of amides is 2. The Balaban J connectivity index is 1.75. The number of nitrogens with one attached hydrogen (secondary N) is 2. The molecule has 0 saturated carbocycles. The normalized spacial score (nSPS) is 11.3. The van der Waals surface area contributed by atoms with Crippen molar-refractivity contribution in [3.63, 3.8) is 0 Å². The Labute approximate surface area is 165 Å². The summed E-state index contributed by atoms with van der Waals surface area (Å²) in [5, 5.41) is 8.60. The van der Waals surface area contributed by atoms with Gasteiger partial charge < -0.3 is 5.32 Å². The molecule has 6 nitrogen and oxygen atoms in total. The van der Waals surface area contributed by atoms with Gasteiger partial charge in [0.25, 0.3) is 5.91 Å². The lowest BCUT2D eigenvalue weighted by molar-refractivity contribution is -0.123. The second kappa shape index (κ2) is 7.58. The van der Waals surface area contributed by atoms with Crippen molar-refractivity contribution in [2.24, 2.45) is 5.41 Å². The minimum atomic E-state index is -0.491. The number of hydrogen-bond donors (Lipinski definition) is 2. The molecule has 0 radical (unpaired) electrons. The quantitative estimate of drug-likeness (QED) is 0.658. The molecule has 3 rings (SSSR count). The molecule has 3 aromatic rings. The van der Waals surface area contributed by atoms with E-state index in [0.29, 0.717) is 15.8 Å². The topological polar surface area (TPSA) is 84.0 Å². The fraction of sp³-hybridized carbons (Fsp3) is 0.263. The monoisotopic (exact) mass is 400 g/mol. The van der Waals surface area contributed by atoms with Gasteiger partial charge in [-0.3, -0.25) is 14.9 Å². The van der Waals surface area contributed by atoms with Gasteiger partial charge in [0.2, 0.25) is 5.91 Å². The number of nitrogens with zero attached hydrogens (tertiary/aromatic N) is 2. The third kappa shape index (κ3) is 4.58. The standard InChI is InChI=1S/C19H20N4O2S2/c1-11-14(27-18(20-11)23-16(25)19(2,3)4)13-10-26-17(21-13)22-15(24)12-8-6-5-7-9-12/h5-10H,1-4H3,(H,20,23,25)(H,21,22,24). The largest absolute Gasteiger partial charge is 0.301 e. The lowest BCUT2D eigenvalue weighted by Crippen LogP contribution is -2.27. The molecule has 0 atom stereocenters. The third-order valence-electron chi connectivity index (χ3n) is 3.69.